The van der Waals surface area contributed by atoms with Gasteiger partial charge in [0.25, 0.3) is 5.91 Å². The van der Waals surface area contributed by atoms with Crippen molar-refractivity contribution in [3.05, 3.63) is 46.8 Å². The van der Waals surface area contributed by atoms with Crippen molar-refractivity contribution in [1.82, 2.24) is 15.1 Å². The zero-order chi connectivity index (χ0) is 18.9. The summed E-state index contributed by atoms with van der Waals surface area (Å²) in [6, 6.07) is 3.96. The first-order valence-corrected chi connectivity index (χ1v) is 9.04. The number of rotatable bonds is 6. The van der Waals surface area contributed by atoms with E-state index in [0.29, 0.717) is 32.2 Å². The van der Waals surface area contributed by atoms with Crippen LogP contribution >= 0.6 is 0 Å². The molecule has 1 amide bonds. The fraction of sp³-hybridized carbons (Fsp3) is 0.474. The van der Waals surface area contributed by atoms with Gasteiger partial charge in [0.1, 0.15) is 5.69 Å². The Hall–Kier alpha value is -2.28. The van der Waals surface area contributed by atoms with Gasteiger partial charge in [0.2, 0.25) is 0 Å². The Labute approximate surface area is 151 Å². The molecule has 0 saturated carbocycles. The molecule has 1 aliphatic carbocycles. The summed E-state index contributed by atoms with van der Waals surface area (Å²) < 4.78 is 29.3. The average Bonchev–Trinajstić information content (AvgIpc) is 3.25. The molecule has 0 radical (unpaired) electrons. The van der Waals surface area contributed by atoms with E-state index in [1.54, 1.807) is 0 Å². The molecule has 2 aromatic rings. The van der Waals surface area contributed by atoms with Crippen LogP contribution in [-0.4, -0.2) is 27.8 Å². The van der Waals surface area contributed by atoms with E-state index in [4.69, 9.17) is 5.73 Å². The molecule has 140 valence electrons. The smallest absolute Gasteiger partial charge is 0.272 e. The quantitative estimate of drug-likeness (QED) is 0.830. The number of carbonyl (C=O) groups is 1. The highest BCUT2D eigenvalue weighted by molar-refractivity contribution is 5.94. The number of fused-ring (bicyclic) bond motifs is 1. The maximum absolute atomic E-state index is 14.2. The Morgan fingerprint density at radius 1 is 1.31 bits per heavy atom. The molecule has 0 bridgehead atoms. The number of nitrogens with two attached hydrogens (primary N) is 1. The lowest BCUT2D eigenvalue weighted by Crippen LogP contribution is -2.53. The molecule has 1 aliphatic rings. The average molecular weight is 362 g/mol. The van der Waals surface area contributed by atoms with Gasteiger partial charge in [0.05, 0.1) is 5.54 Å². The fourth-order valence-corrected chi connectivity index (χ4v) is 3.54. The van der Waals surface area contributed by atoms with Crippen molar-refractivity contribution in [3.63, 3.8) is 0 Å². The Morgan fingerprint density at radius 3 is 2.69 bits per heavy atom. The molecule has 1 aromatic carbocycles. The van der Waals surface area contributed by atoms with Crippen molar-refractivity contribution in [1.29, 1.82) is 0 Å². The molecule has 1 heterocycles. The normalized spacial score (nSPS) is 13.7. The number of halogens is 2. The molecular formula is C19H24F2N4O. The topological polar surface area (TPSA) is 72.9 Å². The van der Waals surface area contributed by atoms with Crippen LogP contribution in [0.2, 0.25) is 0 Å². The molecule has 0 saturated heterocycles. The highest BCUT2D eigenvalue weighted by Gasteiger charge is 2.32. The van der Waals surface area contributed by atoms with E-state index in [9.17, 15) is 13.6 Å². The van der Waals surface area contributed by atoms with Gasteiger partial charge in [-0.3, -0.25) is 4.79 Å². The zero-order valence-electron chi connectivity index (χ0n) is 15.1. The second-order valence-corrected chi connectivity index (χ2v) is 6.76. The van der Waals surface area contributed by atoms with E-state index in [1.807, 2.05) is 13.8 Å². The van der Waals surface area contributed by atoms with E-state index in [2.05, 4.69) is 10.4 Å². The van der Waals surface area contributed by atoms with E-state index in [1.165, 1.54) is 16.8 Å². The molecule has 3 rings (SSSR count). The number of amides is 1. The second kappa shape index (κ2) is 7.15. The van der Waals surface area contributed by atoms with Crippen LogP contribution in [0.5, 0.6) is 0 Å². The van der Waals surface area contributed by atoms with Gasteiger partial charge in [0, 0.05) is 17.8 Å². The lowest BCUT2D eigenvalue weighted by Gasteiger charge is -2.31. The van der Waals surface area contributed by atoms with E-state index in [0.717, 1.165) is 23.7 Å². The monoisotopic (exact) mass is 362 g/mol. The van der Waals surface area contributed by atoms with Crippen LogP contribution in [0.25, 0.3) is 5.69 Å². The minimum absolute atomic E-state index is 0.0262. The molecule has 0 unspecified atom stereocenters. The first-order chi connectivity index (χ1) is 12.5. The Kier molecular flexibility index (Phi) is 5.09. The summed E-state index contributed by atoms with van der Waals surface area (Å²) in [5.41, 5.74) is 7.26. The standard InChI is InChI=1S/C19H24F2N4O/c1-3-19(4-2,11-22)23-18(26)17-12-7-5-9-14(12)25(24-17)15-10-6-8-13(20)16(15)21/h6,8,10H,3-5,7,9,11,22H2,1-2H3,(H,23,26). The molecule has 1 aromatic heterocycles. The van der Waals surface area contributed by atoms with Gasteiger partial charge >= 0.3 is 0 Å². The summed E-state index contributed by atoms with van der Waals surface area (Å²) >= 11 is 0. The van der Waals surface area contributed by atoms with Crippen LogP contribution in [0.4, 0.5) is 8.78 Å². The third kappa shape index (κ3) is 3.00. The van der Waals surface area contributed by atoms with Crippen LogP contribution in [0.3, 0.4) is 0 Å². The van der Waals surface area contributed by atoms with Crippen LogP contribution in [-0.2, 0) is 12.8 Å². The second-order valence-electron chi connectivity index (χ2n) is 6.76. The van der Waals surface area contributed by atoms with Gasteiger partial charge < -0.3 is 11.1 Å². The number of nitrogens with one attached hydrogen (secondary N) is 1. The van der Waals surface area contributed by atoms with Crippen LogP contribution < -0.4 is 11.1 Å². The van der Waals surface area contributed by atoms with Crippen LogP contribution in [0.1, 0.15) is 54.9 Å². The van der Waals surface area contributed by atoms with E-state index < -0.39 is 17.2 Å². The van der Waals surface area contributed by atoms with Gasteiger partial charge in [-0.2, -0.15) is 5.10 Å². The van der Waals surface area contributed by atoms with Crippen molar-refractivity contribution in [2.45, 2.75) is 51.5 Å². The predicted octanol–water partition coefficient (Wildman–Crippen LogP) is 2.89. The van der Waals surface area contributed by atoms with E-state index in [-0.39, 0.29) is 17.3 Å². The zero-order valence-corrected chi connectivity index (χ0v) is 15.1. The first kappa shape index (κ1) is 18.5. The molecule has 0 atom stereocenters. The maximum atomic E-state index is 14.2. The van der Waals surface area contributed by atoms with Gasteiger partial charge in [0.15, 0.2) is 17.3 Å². The molecule has 7 heteroatoms. The number of nitrogens with zero attached hydrogens (tertiary/aromatic N) is 2. The molecule has 3 N–H and O–H groups in total. The molecule has 0 spiro atoms. The number of benzene rings is 1. The predicted molar refractivity (Wildman–Crippen MR) is 95.3 cm³/mol. The summed E-state index contributed by atoms with van der Waals surface area (Å²) in [4.78, 5) is 12.9. The van der Waals surface area contributed by atoms with Crippen molar-refractivity contribution >= 4 is 5.91 Å². The summed E-state index contributed by atoms with van der Waals surface area (Å²) in [6.07, 6.45) is 3.63. The van der Waals surface area contributed by atoms with Crippen LogP contribution in [0.15, 0.2) is 18.2 Å². The fourth-order valence-electron chi connectivity index (χ4n) is 3.54. The van der Waals surface area contributed by atoms with Crippen LogP contribution in [0, 0.1) is 11.6 Å². The minimum atomic E-state index is -0.963. The maximum Gasteiger partial charge on any atom is 0.272 e. The number of hydrogen-bond acceptors (Lipinski definition) is 3. The number of hydrogen-bond donors (Lipinski definition) is 2. The molecule has 0 aliphatic heterocycles. The Bertz CT molecular complexity index is 819. The van der Waals surface area contributed by atoms with Gasteiger partial charge in [-0.25, -0.2) is 13.5 Å². The van der Waals surface area contributed by atoms with Crippen molar-refractivity contribution in [2.24, 2.45) is 5.73 Å². The molecule has 26 heavy (non-hydrogen) atoms. The summed E-state index contributed by atoms with van der Waals surface area (Å²) in [5.74, 6) is -2.21. The lowest BCUT2D eigenvalue weighted by atomic mass is 9.92. The molecular weight excluding hydrogens is 338 g/mol. The Morgan fingerprint density at radius 2 is 2.04 bits per heavy atom. The van der Waals surface area contributed by atoms with E-state index >= 15 is 0 Å². The lowest BCUT2D eigenvalue weighted by molar-refractivity contribution is 0.0888. The molecule has 0 fully saturated rings. The van der Waals surface area contributed by atoms with Gasteiger partial charge in [-0.15, -0.1) is 0 Å². The highest BCUT2D eigenvalue weighted by atomic mass is 19.2. The van der Waals surface area contributed by atoms with Crippen molar-refractivity contribution in [2.75, 3.05) is 6.54 Å². The third-order valence-corrected chi connectivity index (χ3v) is 5.43. The summed E-state index contributed by atoms with van der Waals surface area (Å²) in [6.45, 7) is 4.27. The third-order valence-electron chi connectivity index (χ3n) is 5.43. The summed E-state index contributed by atoms with van der Waals surface area (Å²) in [7, 11) is 0. The molecule has 5 nitrogen and oxygen atoms in total. The summed E-state index contributed by atoms with van der Waals surface area (Å²) in [5, 5.41) is 7.36. The largest absolute Gasteiger partial charge is 0.344 e. The van der Waals surface area contributed by atoms with Gasteiger partial charge in [-0.1, -0.05) is 19.9 Å². The highest BCUT2D eigenvalue weighted by Crippen LogP contribution is 2.29. The Balaban J connectivity index is 2.03. The number of carbonyl (C=O) groups excluding carboxylic acids is 1. The number of aromatic nitrogens is 2. The SMILES string of the molecule is CCC(CC)(CN)NC(=O)c1nn(-c2cccc(F)c2F)c2c1CCC2. The van der Waals surface area contributed by atoms with Crippen molar-refractivity contribution in [3.8, 4) is 5.69 Å². The minimum Gasteiger partial charge on any atom is -0.344 e. The van der Waals surface area contributed by atoms with Gasteiger partial charge in [-0.05, 0) is 44.2 Å². The van der Waals surface area contributed by atoms with Crippen molar-refractivity contribution < 1.29 is 13.6 Å². The first-order valence-electron chi connectivity index (χ1n) is 9.04.